The molecule has 0 bridgehead atoms. The maximum atomic E-state index is 16.9. The van der Waals surface area contributed by atoms with Gasteiger partial charge in [-0.3, -0.25) is 9.59 Å². The Hall–Kier alpha value is -3.98. The van der Waals surface area contributed by atoms with E-state index in [9.17, 15) is 0 Å². The van der Waals surface area contributed by atoms with Gasteiger partial charge in [-0.15, -0.1) is 90.7 Å². The van der Waals surface area contributed by atoms with Gasteiger partial charge in [-0.2, -0.15) is 0 Å². The van der Waals surface area contributed by atoms with Gasteiger partial charge in [0, 0.05) is 92.2 Å². The highest BCUT2D eigenvalue weighted by Crippen LogP contribution is 2.57. The maximum Gasteiger partial charge on any atom is 0.261 e. The van der Waals surface area contributed by atoms with Gasteiger partial charge in [-0.25, -0.2) is 0 Å². The Morgan fingerprint density at radius 2 is 0.542 bits per heavy atom. The minimum atomic E-state index is -0.178. The third kappa shape index (κ3) is 25.9. The molecule has 0 saturated carbocycles. The van der Waals surface area contributed by atoms with E-state index in [1.165, 1.54) is 304 Å². The minimum Gasteiger partial charge on any atom is -0.306 e. The summed E-state index contributed by atoms with van der Waals surface area (Å²) < 4.78 is 0. The zero-order valence-corrected chi connectivity index (χ0v) is 85.1. The lowest BCUT2D eigenvalue weighted by molar-refractivity contribution is -0.124. The summed E-state index contributed by atoms with van der Waals surface area (Å²) in [6.07, 6.45) is 53.4. The van der Waals surface area contributed by atoms with Crippen LogP contribution in [0.1, 0.15) is 433 Å². The molecule has 8 aromatic heterocycles. The van der Waals surface area contributed by atoms with Gasteiger partial charge in [0.2, 0.25) is 0 Å². The third-order valence-corrected chi connectivity index (χ3v) is 38.1. The summed E-state index contributed by atoms with van der Waals surface area (Å²) in [5, 5.41) is 0. The molecule has 0 N–H and O–H groups in total. The van der Waals surface area contributed by atoms with Crippen molar-refractivity contribution in [3.63, 3.8) is 0 Å². The van der Waals surface area contributed by atoms with Gasteiger partial charge < -0.3 is 9.80 Å². The first-order chi connectivity index (χ1) is 57.8. The summed E-state index contributed by atoms with van der Waals surface area (Å²) in [6, 6.07) is 29.5. The Bertz CT molecular complexity index is 4470. The Morgan fingerprint density at radius 1 is 0.258 bits per heavy atom. The highest BCUT2D eigenvalue weighted by molar-refractivity contribution is 7.28. The Balaban J connectivity index is 1.08. The summed E-state index contributed by atoms with van der Waals surface area (Å²) in [7, 11) is 0. The third-order valence-electron chi connectivity index (χ3n) is 26.7. The number of hydrogen-bond acceptors (Lipinski definition) is 10. The largest absolute Gasteiger partial charge is 0.306 e. The fourth-order valence-electron chi connectivity index (χ4n) is 18.2. The summed E-state index contributed by atoms with van der Waals surface area (Å²) in [5.41, 5.74) is 8.95. The topological polar surface area (TPSA) is 40.6 Å². The number of thiophene rings is 8. The number of carbonyl (C=O) groups excluding carboxylic acids is 2. The van der Waals surface area contributed by atoms with E-state index < -0.39 is 0 Å². The molecule has 0 aliphatic carbocycles. The molecule has 10 rings (SSSR count). The summed E-state index contributed by atoms with van der Waals surface area (Å²) in [6.45, 7) is 44.2. The summed E-state index contributed by atoms with van der Waals surface area (Å²) >= 11 is 15.9. The number of aryl methyl sites for hydroxylation is 4. The minimum absolute atomic E-state index is 0.0279. The van der Waals surface area contributed by atoms with Crippen LogP contribution in [0.4, 0.5) is 0 Å². The van der Waals surface area contributed by atoms with Crippen LogP contribution in [-0.4, -0.2) is 34.7 Å². The molecule has 4 nitrogen and oxygen atoms in total. The molecule has 12 heteroatoms. The van der Waals surface area contributed by atoms with Crippen LogP contribution in [0.3, 0.4) is 0 Å². The van der Waals surface area contributed by atoms with Gasteiger partial charge in [0.05, 0.1) is 32.3 Å². The monoisotopic (exact) mass is 1770 g/mol. The fraction of sp³-hybridized carbons (Fsp3) is 0.648. The highest BCUT2D eigenvalue weighted by atomic mass is 32.1. The average Bonchev–Trinajstić information content (AvgIpc) is 1.55. The van der Waals surface area contributed by atoms with E-state index in [0.717, 1.165) is 78.9 Å². The van der Waals surface area contributed by atoms with Crippen LogP contribution in [0.5, 0.6) is 0 Å². The second-order valence-corrected chi connectivity index (χ2v) is 47.9. The molecule has 2 amide bonds. The van der Waals surface area contributed by atoms with Crippen LogP contribution >= 0.6 is 90.7 Å². The molecule has 0 saturated heterocycles. The standard InChI is InChI=1S/C108H160N2O2S8/c1-19-27-35-43-45-49-57-77(55-47-37-29-21-3)75-109-97(95-96(104(109)112)98(110(103(95)111)76-78(56-48-38-30-22-4)58-50-46-44-36-28-20-2)86-64-66-88(114-86)100-81(61-53-41-33-25-7)73-93(119-100)106(12,13)14)85-63-65-87(113-85)99-79(59-51-39-31-23-5)71-89(117-99)84-68-70-92(116-84)107(15,16)108(17,18)94-74-82(62-54-42-34-26-8)102(120-94)101-80(60-52-40-32-24-6)72-90(118-101)83-67-69-91(115-83)105(9,10)11/h63-74,77-78H,19-62,75-76H2,1-18H3. The predicted molar refractivity (Wildman–Crippen MR) is 542 cm³/mol. The van der Waals surface area contributed by atoms with Crippen molar-refractivity contribution < 1.29 is 9.59 Å². The molecule has 2 aliphatic heterocycles. The normalized spacial score (nSPS) is 14.3. The molecule has 0 fully saturated rings. The predicted octanol–water partition coefficient (Wildman–Crippen LogP) is 37.3. The number of carbonyl (C=O) groups is 2. The van der Waals surface area contributed by atoms with E-state index in [4.69, 9.17) is 0 Å². The van der Waals surface area contributed by atoms with Crippen LogP contribution in [0, 0.1) is 11.8 Å². The van der Waals surface area contributed by atoms with Crippen molar-refractivity contribution in [3.05, 3.63) is 135 Å². The number of rotatable bonds is 58. The molecule has 662 valence electrons. The molecule has 0 radical (unpaired) electrons. The van der Waals surface area contributed by atoms with Gasteiger partial charge in [-0.1, -0.05) is 330 Å². The van der Waals surface area contributed by atoms with Crippen molar-refractivity contribution in [1.82, 2.24) is 9.80 Å². The lowest BCUT2D eigenvalue weighted by Gasteiger charge is -2.40. The Kier molecular flexibility index (Phi) is 39.5. The van der Waals surface area contributed by atoms with Gasteiger partial charge in [0.15, 0.2) is 0 Å². The van der Waals surface area contributed by atoms with E-state index in [-0.39, 0.29) is 33.5 Å². The van der Waals surface area contributed by atoms with Gasteiger partial charge in [0.1, 0.15) is 0 Å². The molecule has 2 aliphatic rings. The molecule has 10 heterocycles. The number of hydrogen-bond donors (Lipinski definition) is 0. The Labute approximate surface area is 764 Å². The molecule has 120 heavy (non-hydrogen) atoms. The fourth-order valence-corrected chi connectivity index (χ4v) is 28.5. The molecule has 2 atom stereocenters. The molecular weight excluding hydrogens is 1610 g/mol. The second-order valence-electron chi connectivity index (χ2n) is 39.3. The van der Waals surface area contributed by atoms with Crippen LogP contribution < -0.4 is 0 Å². The first-order valence-corrected chi connectivity index (χ1v) is 55.5. The SMILES string of the molecule is CCCCCCCCC(CCCCCC)CN1C(=O)C2=C(c3ccc(-c4sc(C(C)(C)C)cc4CCCCCC)s3)N(CC(CCCCCC)CCCCCCCC)C(=O)C2=C1c1ccc(-c2sc(-c3ccc(C(C)(C)C(C)(C)c4cc(CCCCCC)c(-c5sc(-c6ccc(C(C)(C)C)s6)cc5CCCCCC)s4)s3)cc2CCCCCC)s1. The number of amides is 2. The first-order valence-electron chi connectivity index (χ1n) is 48.9. The molecule has 2 unspecified atom stereocenters. The molecule has 0 aromatic carbocycles. The van der Waals surface area contributed by atoms with Gasteiger partial charge in [-0.05, 0) is 195 Å². The molecular formula is C108H160N2O2S8. The Morgan fingerprint density at radius 3 is 0.942 bits per heavy atom. The average molecular weight is 1780 g/mol. The summed E-state index contributed by atoms with van der Waals surface area (Å²) in [5.74, 6) is 0.785. The summed E-state index contributed by atoms with van der Waals surface area (Å²) in [4.78, 5) is 59.9. The van der Waals surface area contributed by atoms with E-state index in [1.54, 1.807) is 11.1 Å². The van der Waals surface area contributed by atoms with Crippen molar-refractivity contribution in [2.24, 2.45) is 11.8 Å². The van der Waals surface area contributed by atoms with E-state index >= 15 is 9.59 Å². The first kappa shape index (κ1) is 98.2. The van der Waals surface area contributed by atoms with Crippen molar-refractivity contribution in [2.45, 2.75) is 429 Å². The van der Waals surface area contributed by atoms with Crippen LogP contribution in [0.15, 0.2) is 83.9 Å². The lowest BCUT2D eigenvalue weighted by Crippen LogP contribution is -2.39. The zero-order chi connectivity index (χ0) is 86.0. The van der Waals surface area contributed by atoms with Crippen molar-refractivity contribution >= 4 is 114 Å². The second kappa shape index (κ2) is 48.3. The van der Waals surface area contributed by atoms with Crippen LogP contribution in [-0.2, 0) is 56.9 Å². The number of unbranched alkanes of at least 4 members (excludes halogenated alkanes) is 28. The van der Waals surface area contributed by atoms with E-state index in [2.05, 4.69) is 230 Å². The highest BCUT2D eigenvalue weighted by Gasteiger charge is 2.51. The van der Waals surface area contributed by atoms with Crippen molar-refractivity contribution in [2.75, 3.05) is 13.1 Å². The number of nitrogens with zero attached hydrogens (tertiary/aromatic N) is 2. The lowest BCUT2D eigenvalue weighted by atomic mass is 9.66. The van der Waals surface area contributed by atoms with Crippen LogP contribution in [0.2, 0.25) is 0 Å². The van der Waals surface area contributed by atoms with Gasteiger partial charge in [0.25, 0.3) is 11.8 Å². The van der Waals surface area contributed by atoms with Crippen molar-refractivity contribution in [3.8, 4) is 48.8 Å². The van der Waals surface area contributed by atoms with Gasteiger partial charge >= 0.3 is 0 Å². The molecule has 0 spiro atoms. The zero-order valence-electron chi connectivity index (χ0n) is 78.6. The van der Waals surface area contributed by atoms with E-state index in [1.807, 2.05) is 68.0 Å². The maximum absolute atomic E-state index is 16.9. The number of fused-ring (bicyclic) bond motifs is 1. The van der Waals surface area contributed by atoms with Crippen molar-refractivity contribution in [1.29, 1.82) is 0 Å². The van der Waals surface area contributed by atoms with Crippen LogP contribution in [0.25, 0.3) is 60.2 Å². The molecule has 8 aromatic rings. The quantitative estimate of drug-likeness (QED) is 0.0357. The smallest absolute Gasteiger partial charge is 0.261 e. The van der Waals surface area contributed by atoms with E-state index in [0.29, 0.717) is 36.1 Å².